The molecule has 0 heterocycles. The summed E-state index contributed by atoms with van der Waals surface area (Å²) < 4.78 is 29.5. The van der Waals surface area contributed by atoms with Gasteiger partial charge in [0.2, 0.25) is 0 Å². The van der Waals surface area contributed by atoms with Crippen molar-refractivity contribution in [1.29, 1.82) is 0 Å². The van der Waals surface area contributed by atoms with Crippen LogP contribution < -0.4 is 0 Å². The molecule has 0 radical (unpaired) electrons. The van der Waals surface area contributed by atoms with Gasteiger partial charge in [-0.25, -0.2) is 8.78 Å². The molecule has 0 nitrogen and oxygen atoms in total. The zero-order chi connectivity index (χ0) is 30.6. The van der Waals surface area contributed by atoms with Crippen LogP contribution in [0.4, 0.5) is 8.78 Å². The second-order valence-corrected chi connectivity index (χ2v) is 11.2. The lowest BCUT2D eigenvalue weighted by Crippen LogP contribution is -2.31. The van der Waals surface area contributed by atoms with Gasteiger partial charge in [0.25, 0.3) is 0 Å². The Kier molecular flexibility index (Phi) is 7.63. The van der Waals surface area contributed by atoms with Crippen LogP contribution in [0.3, 0.4) is 0 Å². The van der Waals surface area contributed by atoms with Crippen LogP contribution in [0.1, 0.15) is 22.3 Å². The predicted octanol–water partition coefficient (Wildman–Crippen LogP) is 11.3. The highest BCUT2D eigenvalue weighted by molar-refractivity contribution is 5.71. The van der Waals surface area contributed by atoms with E-state index in [0.717, 1.165) is 44.5 Å². The smallest absolute Gasteiger partial charge is 0.131 e. The van der Waals surface area contributed by atoms with E-state index in [1.54, 1.807) is 24.3 Å². The Morgan fingerprint density at radius 2 is 0.578 bits per heavy atom. The van der Waals surface area contributed by atoms with Crippen LogP contribution in [0.25, 0.3) is 33.4 Å². The van der Waals surface area contributed by atoms with Gasteiger partial charge in [-0.1, -0.05) is 170 Å². The highest BCUT2D eigenvalue weighted by Gasteiger charge is 2.38. The largest absolute Gasteiger partial charge is 0.206 e. The van der Waals surface area contributed by atoms with Crippen LogP contribution in [-0.4, -0.2) is 0 Å². The number of benzene rings is 7. The van der Waals surface area contributed by atoms with Crippen molar-refractivity contribution in [3.63, 3.8) is 0 Å². The van der Waals surface area contributed by atoms with Gasteiger partial charge in [0, 0.05) is 11.1 Å². The summed E-state index contributed by atoms with van der Waals surface area (Å²) >= 11 is 0. The molecule has 0 aliphatic heterocycles. The summed E-state index contributed by atoms with van der Waals surface area (Å²) in [5.41, 5.74) is 8.59. The van der Waals surface area contributed by atoms with E-state index in [1.807, 2.05) is 60.7 Å². The molecule has 7 aromatic rings. The van der Waals surface area contributed by atoms with Crippen LogP contribution in [0.5, 0.6) is 0 Å². The topological polar surface area (TPSA) is 0 Å². The third kappa shape index (κ3) is 5.25. The summed E-state index contributed by atoms with van der Waals surface area (Å²) in [4.78, 5) is 0. The quantitative estimate of drug-likeness (QED) is 0.164. The SMILES string of the molecule is Fc1ccccc1-c1ccc(C(c2ccccc2)(c2ccc(-c3ccccc3)cc2)c2ccc(-c3ccccc3F)cc2)cc1. The second-order valence-electron chi connectivity index (χ2n) is 11.2. The minimum absolute atomic E-state index is 0.250. The van der Waals surface area contributed by atoms with E-state index >= 15 is 0 Å². The molecule has 0 fully saturated rings. The first-order chi connectivity index (χ1) is 22.1. The number of halogens is 2. The van der Waals surface area contributed by atoms with Crippen molar-refractivity contribution in [2.24, 2.45) is 0 Å². The Labute approximate surface area is 262 Å². The van der Waals surface area contributed by atoms with Gasteiger partial charge in [-0.2, -0.15) is 0 Å². The summed E-state index contributed by atoms with van der Waals surface area (Å²) in [7, 11) is 0. The molecule has 7 rings (SSSR count). The van der Waals surface area contributed by atoms with Crippen molar-refractivity contribution < 1.29 is 8.78 Å². The Hall–Kier alpha value is -5.60. The summed E-state index contributed by atoms with van der Waals surface area (Å²) in [5, 5.41) is 0. The van der Waals surface area contributed by atoms with Gasteiger partial charge in [0.15, 0.2) is 0 Å². The molecule has 0 saturated carbocycles. The molecule has 0 aliphatic rings. The fourth-order valence-electron chi connectivity index (χ4n) is 6.42. The van der Waals surface area contributed by atoms with Crippen LogP contribution in [-0.2, 0) is 5.41 Å². The monoisotopic (exact) mass is 584 g/mol. The Morgan fingerprint density at radius 1 is 0.267 bits per heavy atom. The van der Waals surface area contributed by atoms with Gasteiger partial charge in [-0.05, 0) is 56.6 Å². The Balaban J connectivity index is 1.45. The molecule has 0 amide bonds. The lowest BCUT2D eigenvalue weighted by molar-refractivity contribution is 0.631. The zero-order valence-corrected chi connectivity index (χ0v) is 24.6. The van der Waals surface area contributed by atoms with E-state index in [9.17, 15) is 8.78 Å². The second kappa shape index (κ2) is 12.2. The van der Waals surface area contributed by atoms with Gasteiger partial charge in [-0.3, -0.25) is 0 Å². The van der Waals surface area contributed by atoms with Crippen molar-refractivity contribution in [3.8, 4) is 33.4 Å². The number of rotatable bonds is 7. The summed E-state index contributed by atoms with van der Waals surface area (Å²) in [5.74, 6) is -0.500. The van der Waals surface area contributed by atoms with Gasteiger partial charge >= 0.3 is 0 Å². The molecule has 0 aliphatic carbocycles. The summed E-state index contributed by atoms with van der Waals surface area (Å²) in [6, 6.07) is 59.6. The van der Waals surface area contributed by atoms with Gasteiger partial charge in [-0.15, -0.1) is 0 Å². The minimum Gasteiger partial charge on any atom is -0.206 e. The Bertz CT molecular complexity index is 1940. The van der Waals surface area contributed by atoms with Gasteiger partial charge < -0.3 is 0 Å². The third-order valence-corrected chi connectivity index (χ3v) is 8.64. The van der Waals surface area contributed by atoms with E-state index in [-0.39, 0.29) is 11.6 Å². The standard InChI is InChI=1S/C43H30F2/c44-41-17-9-7-15-39(41)33-21-27-37(28-22-33)43(35-13-5-2-6-14-35,36-25-19-32(20-26-36)31-11-3-1-4-12-31)38-29-23-34(24-30-38)40-16-8-10-18-42(40)45/h1-30H. The van der Waals surface area contributed by atoms with Crippen molar-refractivity contribution in [2.75, 3.05) is 0 Å². The van der Waals surface area contributed by atoms with Crippen molar-refractivity contribution in [1.82, 2.24) is 0 Å². The molecule has 216 valence electrons. The van der Waals surface area contributed by atoms with Crippen LogP contribution in [0.2, 0.25) is 0 Å². The van der Waals surface area contributed by atoms with E-state index in [2.05, 4.69) is 84.9 Å². The molecule has 0 unspecified atom stereocenters. The molecule has 45 heavy (non-hydrogen) atoms. The number of hydrogen-bond acceptors (Lipinski definition) is 0. The molecule has 7 aromatic carbocycles. The highest BCUT2D eigenvalue weighted by atomic mass is 19.1. The maximum absolute atomic E-state index is 14.8. The van der Waals surface area contributed by atoms with E-state index < -0.39 is 5.41 Å². The zero-order valence-electron chi connectivity index (χ0n) is 24.6. The minimum atomic E-state index is -0.710. The van der Waals surface area contributed by atoms with Crippen molar-refractivity contribution >= 4 is 0 Å². The maximum atomic E-state index is 14.8. The average Bonchev–Trinajstić information content (AvgIpc) is 3.11. The first-order valence-electron chi connectivity index (χ1n) is 15.1. The van der Waals surface area contributed by atoms with Crippen molar-refractivity contribution in [2.45, 2.75) is 5.41 Å². The van der Waals surface area contributed by atoms with Crippen LogP contribution >= 0.6 is 0 Å². The first-order valence-corrected chi connectivity index (χ1v) is 15.1. The van der Waals surface area contributed by atoms with Crippen LogP contribution in [0, 0.1) is 11.6 Å². The van der Waals surface area contributed by atoms with Gasteiger partial charge in [0.1, 0.15) is 11.6 Å². The molecular formula is C43H30F2. The maximum Gasteiger partial charge on any atom is 0.131 e. The lowest BCUT2D eigenvalue weighted by atomic mass is 9.64. The van der Waals surface area contributed by atoms with Crippen molar-refractivity contribution in [3.05, 3.63) is 216 Å². The molecular weight excluding hydrogens is 554 g/mol. The van der Waals surface area contributed by atoms with Gasteiger partial charge in [0.05, 0.1) is 5.41 Å². The van der Waals surface area contributed by atoms with Crippen LogP contribution in [0.15, 0.2) is 182 Å². The average molecular weight is 585 g/mol. The third-order valence-electron chi connectivity index (χ3n) is 8.64. The number of hydrogen-bond donors (Lipinski definition) is 0. The van der Waals surface area contributed by atoms with E-state index in [0.29, 0.717) is 11.1 Å². The molecule has 0 saturated heterocycles. The predicted molar refractivity (Wildman–Crippen MR) is 181 cm³/mol. The van der Waals surface area contributed by atoms with E-state index in [4.69, 9.17) is 0 Å². The summed E-state index contributed by atoms with van der Waals surface area (Å²) in [6.07, 6.45) is 0. The molecule has 0 bridgehead atoms. The first kappa shape index (κ1) is 28.2. The Morgan fingerprint density at radius 3 is 1.00 bits per heavy atom. The molecule has 0 N–H and O–H groups in total. The summed E-state index contributed by atoms with van der Waals surface area (Å²) in [6.45, 7) is 0. The lowest BCUT2D eigenvalue weighted by Gasteiger charge is -2.37. The van der Waals surface area contributed by atoms with E-state index in [1.165, 1.54) is 12.1 Å². The fourth-order valence-corrected chi connectivity index (χ4v) is 6.42. The molecule has 2 heteroatoms. The molecule has 0 spiro atoms. The normalized spacial score (nSPS) is 11.3. The fraction of sp³-hybridized carbons (Fsp3) is 0.0233. The highest BCUT2D eigenvalue weighted by Crippen LogP contribution is 2.46. The molecule has 0 aromatic heterocycles. The molecule has 0 atom stereocenters.